The van der Waals surface area contributed by atoms with E-state index in [0.717, 1.165) is 55.3 Å². The van der Waals surface area contributed by atoms with Crippen LogP contribution in [-0.2, 0) is 27.3 Å². The molecule has 0 saturated carbocycles. The van der Waals surface area contributed by atoms with Crippen LogP contribution in [0.5, 0.6) is 11.8 Å². The van der Waals surface area contributed by atoms with Crippen molar-refractivity contribution < 1.29 is 29.6 Å². The standard InChI is InChI=1S/C36H39N5O6/c1-8-20-16(3)23-12-25-18(5)22(10-11-30(44)47-7)33(39-25)32-34-31(35(45)41(36(32)46)15-29(42)43)19(6)26(40-34)14-28-21(9-2)17(4)24(38-28)13-27(20)37-23/h8,12-14,18,22,37-38,45-46H,1,9-11,15H2,2-7H3,(H,42,43). The van der Waals surface area contributed by atoms with E-state index < -0.39 is 24.3 Å². The van der Waals surface area contributed by atoms with E-state index in [0.29, 0.717) is 40.1 Å². The molecule has 0 amide bonds. The molecule has 2 unspecified atom stereocenters. The van der Waals surface area contributed by atoms with Crippen LogP contribution in [0.15, 0.2) is 24.8 Å². The molecule has 0 fully saturated rings. The first-order chi connectivity index (χ1) is 22.4. The van der Waals surface area contributed by atoms with Crippen LogP contribution in [0.4, 0.5) is 0 Å². The monoisotopic (exact) mass is 637 g/mol. The maximum Gasteiger partial charge on any atom is 0.323 e. The summed E-state index contributed by atoms with van der Waals surface area (Å²) in [4.78, 5) is 41.5. The second kappa shape index (κ2) is 11.8. The number of pyridine rings is 1. The van der Waals surface area contributed by atoms with E-state index in [1.165, 1.54) is 7.11 Å². The molecule has 0 aromatic carbocycles. The summed E-state index contributed by atoms with van der Waals surface area (Å²) in [5, 5.41) is 33.2. The Morgan fingerprint density at radius 2 is 1.70 bits per heavy atom. The molecule has 0 spiro atoms. The molecule has 47 heavy (non-hydrogen) atoms. The highest BCUT2D eigenvalue weighted by Crippen LogP contribution is 2.50. The van der Waals surface area contributed by atoms with Gasteiger partial charge in [0.1, 0.15) is 6.54 Å². The van der Waals surface area contributed by atoms with E-state index in [4.69, 9.17) is 14.7 Å². The molecule has 244 valence electrons. The number of esters is 1. The molecule has 0 saturated heterocycles. The van der Waals surface area contributed by atoms with Crippen molar-refractivity contribution in [3.8, 4) is 23.0 Å². The zero-order valence-electron chi connectivity index (χ0n) is 27.4. The number of hydrogen-bond acceptors (Lipinski definition) is 7. The highest BCUT2D eigenvalue weighted by atomic mass is 16.5. The van der Waals surface area contributed by atoms with Crippen LogP contribution in [0.2, 0.25) is 0 Å². The minimum Gasteiger partial charge on any atom is -0.494 e. The average molecular weight is 638 g/mol. The van der Waals surface area contributed by atoms with E-state index in [2.05, 4.69) is 36.5 Å². The van der Waals surface area contributed by atoms with Gasteiger partial charge in [-0.05, 0) is 74.1 Å². The number of aromatic hydroxyl groups is 2. The Balaban J connectivity index is 1.87. The summed E-state index contributed by atoms with van der Waals surface area (Å²) in [6.07, 6.45) is 3.05. The molecule has 0 radical (unpaired) electrons. The summed E-state index contributed by atoms with van der Waals surface area (Å²) in [6.45, 7) is 13.4. The molecule has 11 nitrogen and oxygen atoms in total. The number of carbonyl (C=O) groups excluding carboxylic acids is 1. The Morgan fingerprint density at radius 3 is 2.36 bits per heavy atom. The van der Waals surface area contributed by atoms with Gasteiger partial charge in [-0.15, -0.1) is 0 Å². The molecule has 3 aliphatic heterocycles. The zero-order chi connectivity index (χ0) is 33.9. The molecule has 8 bridgehead atoms. The molecule has 0 aliphatic carbocycles. The molecule has 6 heterocycles. The Hall–Kier alpha value is -5.32. The Bertz CT molecular complexity index is 2200. The quantitative estimate of drug-likeness (QED) is 0.119. The van der Waals surface area contributed by atoms with Gasteiger partial charge >= 0.3 is 11.9 Å². The predicted molar refractivity (Wildman–Crippen MR) is 181 cm³/mol. The van der Waals surface area contributed by atoms with Gasteiger partial charge in [-0.3, -0.25) is 19.1 Å². The Kier molecular flexibility index (Phi) is 7.95. The number of aromatic nitrogens is 5. The van der Waals surface area contributed by atoms with Gasteiger partial charge in [0.2, 0.25) is 11.8 Å². The maximum atomic E-state index is 12.3. The number of fused-ring (bicyclic) bond motifs is 8. The smallest absolute Gasteiger partial charge is 0.323 e. The number of aryl methyl sites for hydroxylation is 4. The number of H-pyrrole nitrogens is 2. The van der Waals surface area contributed by atoms with Gasteiger partial charge in [0.15, 0.2) is 0 Å². The van der Waals surface area contributed by atoms with E-state index in [1.54, 1.807) is 0 Å². The van der Waals surface area contributed by atoms with Crippen LogP contribution in [0.25, 0.3) is 50.3 Å². The SMILES string of the molecule is C=Cc1c(C)c2cc3nc(c4c5nc(cc6[nH]c(cc1[nH]2)c(C)c6CC)c(C)c-5c(O)n(CC(=O)O)c4O)C(CCC(=O)OC)C3C. The van der Waals surface area contributed by atoms with Gasteiger partial charge in [-0.25, -0.2) is 4.98 Å². The molecule has 6 rings (SSSR count). The summed E-state index contributed by atoms with van der Waals surface area (Å²) in [5.41, 5.74) is 10.6. The summed E-state index contributed by atoms with van der Waals surface area (Å²) < 4.78 is 5.92. The first kappa shape index (κ1) is 31.7. The van der Waals surface area contributed by atoms with Crippen LogP contribution < -0.4 is 0 Å². The molecule has 3 aliphatic rings. The molecular weight excluding hydrogens is 598 g/mol. The fraction of sp³-hybridized carbons (Fsp3) is 0.333. The largest absolute Gasteiger partial charge is 0.494 e. The number of carbonyl (C=O) groups is 2. The Morgan fingerprint density at radius 1 is 1.00 bits per heavy atom. The molecular formula is C36H39N5O6. The number of hydrogen-bond donors (Lipinski definition) is 5. The number of ether oxygens (including phenoxy) is 1. The second-order valence-electron chi connectivity index (χ2n) is 12.3. The minimum absolute atomic E-state index is 0.108. The normalized spacial score (nSPS) is 15.4. The summed E-state index contributed by atoms with van der Waals surface area (Å²) in [5.74, 6) is -3.06. The third kappa shape index (κ3) is 5.06. The van der Waals surface area contributed by atoms with E-state index in [-0.39, 0.29) is 29.6 Å². The van der Waals surface area contributed by atoms with Crippen LogP contribution in [0.1, 0.15) is 77.7 Å². The zero-order valence-corrected chi connectivity index (χ0v) is 27.4. The van der Waals surface area contributed by atoms with Gasteiger partial charge in [-0.1, -0.05) is 26.5 Å². The van der Waals surface area contributed by atoms with Crippen molar-refractivity contribution in [2.24, 2.45) is 0 Å². The van der Waals surface area contributed by atoms with Crippen molar-refractivity contribution in [3.63, 3.8) is 0 Å². The molecule has 2 atom stereocenters. The second-order valence-corrected chi connectivity index (χ2v) is 12.3. The molecule has 3 aromatic heterocycles. The van der Waals surface area contributed by atoms with Gasteiger partial charge in [0.25, 0.3) is 0 Å². The topological polar surface area (TPSA) is 166 Å². The van der Waals surface area contributed by atoms with Gasteiger partial charge < -0.3 is 30.0 Å². The summed E-state index contributed by atoms with van der Waals surface area (Å²) >= 11 is 0. The highest BCUT2D eigenvalue weighted by molar-refractivity contribution is 5.97. The third-order valence-electron chi connectivity index (χ3n) is 9.77. The summed E-state index contributed by atoms with van der Waals surface area (Å²) in [7, 11) is 1.34. The number of nitrogens with one attached hydrogen (secondary N) is 2. The molecule has 3 aromatic rings. The number of carboxylic acid groups (broad SMARTS) is 1. The number of aromatic amines is 2. The highest BCUT2D eigenvalue weighted by Gasteiger charge is 2.35. The fourth-order valence-electron chi connectivity index (χ4n) is 7.10. The minimum atomic E-state index is -1.24. The van der Waals surface area contributed by atoms with E-state index in [1.807, 2.05) is 39.0 Å². The molecule has 11 heteroatoms. The lowest BCUT2D eigenvalue weighted by molar-refractivity contribution is -0.141. The van der Waals surface area contributed by atoms with Gasteiger partial charge in [0, 0.05) is 51.6 Å². The van der Waals surface area contributed by atoms with Crippen molar-refractivity contribution in [1.29, 1.82) is 0 Å². The van der Waals surface area contributed by atoms with Crippen molar-refractivity contribution in [2.45, 2.75) is 72.3 Å². The average Bonchev–Trinajstić information content (AvgIpc) is 3.71. The predicted octanol–water partition coefficient (Wildman–Crippen LogP) is 6.97. The number of carboxylic acids is 1. The lowest BCUT2D eigenvalue weighted by Gasteiger charge is -2.20. The maximum absolute atomic E-state index is 12.3. The lowest BCUT2D eigenvalue weighted by atomic mass is 9.85. The Labute approximate surface area is 271 Å². The lowest BCUT2D eigenvalue weighted by Crippen LogP contribution is -2.12. The number of rotatable bonds is 7. The fourth-order valence-corrected chi connectivity index (χ4v) is 7.10. The van der Waals surface area contributed by atoms with Gasteiger partial charge in [0.05, 0.1) is 35.0 Å². The molecule has 5 N–H and O–H groups in total. The van der Waals surface area contributed by atoms with Crippen LogP contribution >= 0.6 is 0 Å². The van der Waals surface area contributed by atoms with Gasteiger partial charge in [-0.2, -0.15) is 0 Å². The van der Waals surface area contributed by atoms with Crippen LogP contribution in [0.3, 0.4) is 0 Å². The van der Waals surface area contributed by atoms with E-state index >= 15 is 0 Å². The van der Waals surface area contributed by atoms with E-state index in [9.17, 15) is 24.9 Å². The number of methoxy groups -OCH3 is 1. The van der Waals surface area contributed by atoms with Crippen molar-refractivity contribution in [2.75, 3.05) is 7.11 Å². The number of aliphatic carboxylic acids is 1. The summed E-state index contributed by atoms with van der Waals surface area (Å²) in [6, 6.07) is 5.97. The van der Waals surface area contributed by atoms with Crippen LogP contribution in [-0.4, -0.2) is 58.9 Å². The van der Waals surface area contributed by atoms with Crippen molar-refractivity contribution in [1.82, 2.24) is 24.5 Å². The first-order valence-corrected chi connectivity index (χ1v) is 15.7. The number of nitrogens with zero attached hydrogens (tertiary/aromatic N) is 3. The van der Waals surface area contributed by atoms with Crippen molar-refractivity contribution >= 4 is 51.0 Å². The van der Waals surface area contributed by atoms with Crippen molar-refractivity contribution in [3.05, 3.63) is 64.0 Å². The van der Waals surface area contributed by atoms with Crippen LogP contribution in [0, 0.1) is 20.8 Å². The third-order valence-corrected chi connectivity index (χ3v) is 9.77. The first-order valence-electron chi connectivity index (χ1n) is 15.7.